The number of nitrogens with zero attached hydrogens (tertiary/aromatic N) is 3. The Kier molecular flexibility index (Phi) is 5.12. The summed E-state index contributed by atoms with van der Waals surface area (Å²) in [6, 6.07) is 7.36. The zero-order valence-corrected chi connectivity index (χ0v) is 16.4. The fraction of sp³-hybridized carbons (Fsp3) is 0.524. The molecule has 0 aliphatic carbocycles. The van der Waals surface area contributed by atoms with Crippen LogP contribution in [0, 0.1) is 0 Å². The van der Waals surface area contributed by atoms with Gasteiger partial charge in [0.25, 0.3) is 5.91 Å². The van der Waals surface area contributed by atoms with Crippen LogP contribution >= 0.6 is 0 Å². The van der Waals surface area contributed by atoms with Crippen molar-refractivity contribution in [3.05, 3.63) is 36.0 Å². The molecule has 1 N–H and O–H groups in total. The quantitative estimate of drug-likeness (QED) is 0.834. The smallest absolute Gasteiger partial charge is 0.256 e. The standard InChI is InChI=1S/C21H26N4O4/c26-21(15-3-4-18-19(12-15)29-14-28-18)23-20-5-8-22-25(20)16-6-9-24(10-7-16)13-17-2-1-11-27-17/h3-5,8,12,16-17H,1-2,6-7,9-11,13-14H2,(H,23,26)/t17-/m0/s1. The van der Waals surface area contributed by atoms with Gasteiger partial charge in [0.1, 0.15) is 5.82 Å². The summed E-state index contributed by atoms with van der Waals surface area (Å²) in [5.41, 5.74) is 0.536. The third-order valence-corrected chi connectivity index (χ3v) is 5.94. The lowest BCUT2D eigenvalue weighted by Gasteiger charge is -2.33. The van der Waals surface area contributed by atoms with Crippen molar-refractivity contribution in [3.8, 4) is 11.5 Å². The summed E-state index contributed by atoms with van der Waals surface area (Å²) in [6.07, 6.45) is 6.53. The molecule has 4 heterocycles. The lowest BCUT2D eigenvalue weighted by molar-refractivity contribution is 0.0599. The Morgan fingerprint density at radius 2 is 2.00 bits per heavy atom. The average Bonchev–Trinajstić information content (AvgIpc) is 3.50. The zero-order valence-electron chi connectivity index (χ0n) is 16.4. The second kappa shape index (κ2) is 8.04. The molecule has 1 amide bonds. The van der Waals surface area contributed by atoms with E-state index in [0.29, 0.717) is 23.2 Å². The molecule has 2 aromatic rings. The predicted octanol–water partition coefficient (Wildman–Crippen LogP) is 2.68. The maximum atomic E-state index is 12.7. The Balaban J connectivity index is 1.20. The molecule has 2 fully saturated rings. The minimum atomic E-state index is -0.180. The molecule has 0 saturated carbocycles. The van der Waals surface area contributed by atoms with Gasteiger partial charge in [0.2, 0.25) is 6.79 Å². The van der Waals surface area contributed by atoms with Crippen LogP contribution in [-0.2, 0) is 4.74 Å². The summed E-state index contributed by atoms with van der Waals surface area (Å²) in [4.78, 5) is 15.2. The van der Waals surface area contributed by atoms with Gasteiger partial charge >= 0.3 is 0 Å². The van der Waals surface area contributed by atoms with Gasteiger partial charge in [-0.05, 0) is 43.9 Å². The number of benzene rings is 1. The maximum Gasteiger partial charge on any atom is 0.256 e. The van der Waals surface area contributed by atoms with E-state index in [0.717, 1.165) is 44.9 Å². The maximum absolute atomic E-state index is 12.7. The predicted molar refractivity (Wildman–Crippen MR) is 106 cm³/mol. The molecule has 5 rings (SSSR count). The van der Waals surface area contributed by atoms with Gasteiger partial charge in [0.15, 0.2) is 11.5 Å². The second-order valence-electron chi connectivity index (χ2n) is 7.85. The molecule has 1 aromatic heterocycles. The van der Waals surface area contributed by atoms with Gasteiger partial charge in [-0.3, -0.25) is 4.79 Å². The van der Waals surface area contributed by atoms with Crippen LogP contribution < -0.4 is 14.8 Å². The van der Waals surface area contributed by atoms with Crippen LogP contribution in [0.5, 0.6) is 11.5 Å². The number of carbonyl (C=O) groups excluding carboxylic acids is 1. The van der Waals surface area contributed by atoms with E-state index in [-0.39, 0.29) is 18.7 Å². The van der Waals surface area contributed by atoms with Gasteiger partial charge in [-0.25, -0.2) is 4.68 Å². The van der Waals surface area contributed by atoms with E-state index < -0.39 is 0 Å². The van der Waals surface area contributed by atoms with Crippen LogP contribution in [0.1, 0.15) is 42.1 Å². The summed E-state index contributed by atoms with van der Waals surface area (Å²) < 4.78 is 18.4. The van der Waals surface area contributed by atoms with Gasteiger partial charge in [-0.2, -0.15) is 5.10 Å². The number of piperidine rings is 1. The van der Waals surface area contributed by atoms with Gasteiger partial charge < -0.3 is 24.4 Å². The number of carbonyl (C=O) groups is 1. The largest absolute Gasteiger partial charge is 0.454 e. The highest BCUT2D eigenvalue weighted by atomic mass is 16.7. The van der Waals surface area contributed by atoms with Crippen molar-refractivity contribution in [2.75, 3.05) is 38.4 Å². The lowest BCUT2D eigenvalue weighted by Crippen LogP contribution is -2.39. The minimum absolute atomic E-state index is 0.180. The summed E-state index contributed by atoms with van der Waals surface area (Å²) >= 11 is 0. The van der Waals surface area contributed by atoms with E-state index in [1.807, 2.05) is 10.7 Å². The molecule has 0 radical (unpaired) electrons. The van der Waals surface area contributed by atoms with Gasteiger partial charge in [-0.1, -0.05) is 0 Å². The number of likely N-dealkylation sites (tertiary alicyclic amines) is 1. The van der Waals surface area contributed by atoms with Crippen LogP contribution in [0.15, 0.2) is 30.5 Å². The minimum Gasteiger partial charge on any atom is -0.454 e. The number of fused-ring (bicyclic) bond motifs is 1. The third kappa shape index (κ3) is 3.95. The van der Waals surface area contributed by atoms with Crippen molar-refractivity contribution in [2.45, 2.75) is 37.8 Å². The molecule has 2 saturated heterocycles. The Morgan fingerprint density at radius 1 is 1.14 bits per heavy atom. The molecule has 1 atom stereocenters. The Morgan fingerprint density at radius 3 is 2.83 bits per heavy atom. The SMILES string of the molecule is O=C(Nc1ccnn1C1CCN(C[C@@H]2CCCO2)CC1)c1ccc2c(c1)OCO2. The van der Waals surface area contributed by atoms with Gasteiger partial charge in [0, 0.05) is 37.9 Å². The average molecular weight is 398 g/mol. The highest BCUT2D eigenvalue weighted by molar-refractivity contribution is 6.04. The molecule has 8 heteroatoms. The highest BCUT2D eigenvalue weighted by Gasteiger charge is 2.26. The molecule has 3 aliphatic heterocycles. The summed E-state index contributed by atoms with van der Waals surface area (Å²) in [6.45, 7) is 4.18. The van der Waals surface area contributed by atoms with Crippen molar-refractivity contribution in [2.24, 2.45) is 0 Å². The van der Waals surface area contributed by atoms with E-state index in [4.69, 9.17) is 14.2 Å². The molecular weight excluding hydrogens is 372 g/mol. The topological polar surface area (TPSA) is 77.9 Å². The number of aromatic nitrogens is 2. The summed E-state index contributed by atoms with van der Waals surface area (Å²) in [5, 5.41) is 7.48. The van der Waals surface area contributed by atoms with Crippen molar-refractivity contribution in [1.82, 2.24) is 14.7 Å². The molecule has 0 bridgehead atoms. The van der Waals surface area contributed by atoms with Crippen LogP contribution in [-0.4, -0.2) is 59.7 Å². The number of hydrogen-bond donors (Lipinski definition) is 1. The van der Waals surface area contributed by atoms with Crippen molar-refractivity contribution < 1.29 is 19.0 Å². The zero-order chi connectivity index (χ0) is 19.6. The van der Waals surface area contributed by atoms with Crippen LogP contribution in [0.2, 0.25) is 0 Å². The number of anilines is 1. The van der Waals surface area contributed by atoms with E-state index in [1.54, 1.807) is 24.4 Å². The van der Waals surface area contributed by atoms with E-state index in [1.165, 1.54) is 12.8 Å². The first-order valence-corrected chi connectivity index (χ1v) is 10.3. The van der Waals surface area contributed by atoms with Crippen molar-refractivity contribution in [3.63, 3.8) is 0 Å². The van der Waals surface area contributed by atoms with E-state index in [2.05, 4.69) is 15.3 Å². The highest BCUT2D eigenvalue weighted by Crippen LogP contribution is 2.33. The van der Waals surface area contributed by atoms with E-state index in [9.17, 15) is 4.79 Å². The Hall–Kier alpha value is -2.58. The third-order valence-electron chi connectivity index (χ3n) is 5.94. The Labute approximate surface area is 169 Å². The fourth-order valence-electron chi connectivity index (χ4n) is 4.35. The molecular formula is C21H26N4O4. The Bertz CT molecular complexity index is 869. The fourth-order valence-corrected chi connectivity index (χ4v) is 4.35. The first-order valence-electron chi connectivity index (χ1n) is 10.3. The van der Waals surface area contributed by atoms with Crippen LogP contribution in [0.3, 0.4) is 0 Å². The number of amides is 1. The summed E-state index contributed by atoms with van der Waals surface area (Å²) in [7, 11) is 0. The first kappa shape index (κ1) is 18.4. The second-order valence-corrected chi connectivity index (χ2v) is 7.85. The van der Waals surface area contributed by atoms with Crippen LogP contribution in [0.25, 0.3) is 0 Å². The van der Waals surface area contributed by atoms with Gasteiger partial charge in [0.05, 0.1) is 18.3 Å². The van der Waals surface area contributed by atoms with E-state index >= 15 is 0 Å². The summed E-state index contributed by atoms with van der Waals surface area (Å²) in [5.74, 6) is 1.82. The normalized spacial score (nSPS) is 22.1. The van der Waals surface area contributed by atoms with Crippen LogP contribution in [0.4, 0.5) is 5.82 Å². The lowest BCUT2D eigenvalue weighted by atomic mass is 10.0. The number of nitrogens with one attached hydrogen (secondary N) is 1. The molecule has 1 aromatic carbocycles. The first-order chi connectivity index (χ1) is 14.3. The van der Waals surface area contributed by atoms with Crippen molar-refractivity contribution >= 4 is 11.7 Å². The molecule has 0 unspecified atom stereocenters. The number of ether oxygens (including phenoxy) is 3. The number of hydrogen-bond acceptors (Lipinski definition) is 6. The molecule has 29 heavy (non-hydrogen) atoms. The molecule has 8 nitrogen and oxygen atoms in total. The molecule has 3 aliphatic rings. The number of rotatable bonds is 5. The van der Waals surface area contributed by atoms with Crippen molar-refractivity contribution in [1.29, 1.82) is 0 Å². The van der Waals surface area contributed by atoms with Gasteiger partial charge in [-0.15, -0.1) is 0 Å². The monoisotopic (exact) mass is 398 g/mol. The molecule has 0 spiro atoms. The molecule has 154 valence electrons.